The molecule has 1 aliphatic carbocycles. The Balaban J connectivity index is 2.60. The van der Waals surface area contributed by atoms with Crippen LogP contribution in [0.5, 0.6) is 0 Å². The SMILES string of the molecule is CNC(C(=O)O)C(=O)N(C)C1CCCC1. The summed E-state index contributed by atoms with van der Waals surface area (Å²) in [6.07, 6.45) is 4.22. The number of carboxylic acid groups (broad SMARTS) is 1. The molecule has 2 N–H and O–H groups in total. The summed E-state index contributed by atoms with van der Waals surface area (Å²) >= 11 is 0. The van der Waals surface area contributed by atoms with Crippen molar-refractivity contribution in [2.24, 2.45) is 0 Å². The summed E-state index contributed by atoms with van der Waals surface area (Å²) < 4.78 is 0. The minimum Gasteiger partial charge on any atom is -0.480 e. The van der Waals surface area contributed by atoms with Gasteiger partial charge in [0, 0.05) is 13.1 Å². The van der Waals surface area contributed by atoms with Gasteiger partial charge in [0.2, 0.25) is 0 Å². The fourth-order valence-electron chi connectivity index (χ4n) is 2.03. The van der Waals surface area contributed by atoms with E-state index in [9.17, 15) is 9.59 Å². The fraction of sp³-hybridized carbons (Fsp3) is 0.800. The van der Waals surface area contributed by atoms with Gasteiger partial charge in [-0.1, -0.05) is 12.8 Å². The molecule has 0 aromatic carbocycles. The van der Waals surface area contributed by atoms with Crippen molar-refractivity contribution in [2.45, 2.75) is 37.8 Å². The number of nitrogens with zero attached hydrogens (tertiary/aromatic N) is 1. The number of carbonyl (C=O) groups is 2. The van der Waals surface area contributed by atoms with E-state index in [1.54, 1.807) is 11.9 Å². The summed E-state index contributed by atoms with van der Waals surface area (Å²) in [4.78, 5) is 24.1. The number of carbonyl (C=O) groups excluding carboxylic acids is 1. The zero-order chi connectivity index (χ0) is 11.4. The number of amides is 1. The average Bonchev–Trinajstić information content (AvgIpc) is 2.69. The molecule has 5 nitrogen and oxygen atoms in total. The van der Waals surface area contributed by atoms with Gasteiger partial charge in [-0.25, -0.2) is 4.79 Å². The van der Waals surface area contributed by atoms with Crippen molar-refractivity contribution >= 4 is 11.9 Å². The van der Waals surface area contributed by atoms with E-state index in [4.69, 9.17) is 5.11 Å². The van der Waals surface area contributed by atoms with E-state index in [-0.39, 0.29) is 11.9 Å². The molecule has 5 heteroatoms. The van der Waals surface area contributed by atoms with Gasteiger partial charge in [-0.15, -0.1) is 0 Å². The summed E-state index contributed by atoms with van der Waals surface area (Å²) in [5.41, 5.74) is 0. The molecule has 1 unspecified atom stereocenters. The van der Waals surface area contributed by atoms with E-state index in [1.165, 1.54) is 7.05 Å². The Bertz CT molecular complexity index is 249. The minimum absolute atomic E-state index is 0.215. The number of carboxylic acids is 1. The van der Waals surface area contributed by atoms with Crippen LogP contribution in [0.3, 0.4) is 0 Å². The Labute approximate surface area is 89.4 Å². The molecule has 1 atom stereocenters. The predicted octanol–water partition coefficient (Wildman–Crippen LogP) is 0.0600. The van der Waals surface area contributed by atoms with Gasteiger partial charge >= 0.3 is 5.97 Å². The molecule has 86 valence electrons. The maximum absolute atomic E-state index is 11.8. The van der Waals surface area contributed by atoms with Crippen molar-refractivity contribution < 1.29 is 14.7 Å². The second-order valence-electron chi connectivity index (χ2n) is 3.95. The van der Waals surface area contributed by atoms with E-state index in [0.717, 1.165) is 25.7 Å². The van der Waals surface area contributed by atoms with Gasteiger partial charge < -0.3 is 10.0 Å². The van der Waals surface area contributed by atoms with Crippen LogP contribution in [0.15, 0.2) is 0 Å². The molecular weight excluding hydrogens is 196 g/mol. The largest absolute Gasteiger partial charge is 0.480 e. The Hall–Kier alpha value is -1.10. The van der Waals surface area contributed by atoms with Crippen LogP contribution in [0.2, 0.25) is 0 Å². The molecule has 0 aliphatic heterocycles. The number of aliphatic carboxylic acids is 1. The lowest BCUT2D eigenvalue weighted by atomic mass is 10.2. The van der Waals surface area contributed by atoms with Crippen LogP contribution in [-0.4, -0.2) is 48.1 Å². The zero-order valence-corrected chi connectivity index (χ0v) is 9.19. The van der Waals surface area contributed by atoms with Crippen molar-refractivity contribution in [2.75, 3.05) is 14.1 Å². The quantitative estimate of drug-likeness (QED) is 0.649. The summed E-state index contributed by atoms with van der Waals surface area (Å²) in [5, 5.41) is 11.3. The van der Waals surface area contributed by atoms with Gasteiger partial charge in [0.25, 0.3) is 5.91 Å². The van der Waals surface area contributed by atoms with E-state index >= 15 is 0 Å². The van der Waals surface area contributed by atoms with Crippen LogP contribution in [-0.2, 0) is 9.59 Å². The highest BCUT2D eigenvalue weighted by Crippen LogP contribution is 2.22. The number of likely N-dealkylation sites (N-methyl/N-ethyl adjacent to an activating group) is 2. The van der Waals surface area contributed by atoms with Crippen LogP contribution in [0.25, 0.3) is 0 Å². The summed E-state index contributed by atoms with van der Waals surface area (Å²) in [6, 6.07) is -0.900. The average molecular weight is 214 g/mol. The Morgan fingerprint density at radius 3 is 2.33 bits per heavy atom. The first-order valence-electron chi connectivity index (χ1n) is 5.24. The van der Waals surface area contributed by atoms with Gasteiger partial charge in [0.15, 0.2) is 6.04 Å². The molecule has 0 aromatic heterocycles. The van der Waals surface area contributed by atoms with Crippen molar-refractivity contribution in [3.63, 3.8) is 0 Å². The van der Waals surface area contributed by atoms with E-state index in [1.807, 2.05) is 0 Å². The first kappa shape index (κ1) is 12.0. The molecular formula is C10H18N2O3. The third kappa shape index (κ3) is 2.68. The van der Waals surface area contributed by atoms with Crippen molar-refractivity contribution in [1.29, 1.82) is 0 Å². The second kappa shape index (κ2) is 5.11. The van der Waals surface area contributed by atoms with Crippen molar-refractivity contribution in [3.05, 3.63) is 0 Å². The summed E-state index contributed by atoms with van der Waals surface area (Å²) in [7, 11) is 3.17. The highest BCUT2D eigenvalue weighted by molar-refractivity contribution is 6.01. The third-order valence-corrected chi connectivity index (χ3v) is 3.00. The highest BCUT2D eigenvalue weighted by atomic mass is 16.4. The van der Waals surface area contributed by atoms with Gasteiger partial charge in [0.05, 0.1) is 0 Å². The molecule has 0 aromatic rings. The third-order valence-electron chi connectivity index (χ3n) is 3.00. The lowest BCUT2D eigenvalue weighted by molar-refractivity contribution is -0.148. The fourth-order valence-corrected chi connectivity index (χ4v) is 2.03. The first-order chi connectivity index (χ1) is 7.07. The second-order valence-corrected chi connectivity index (χ2v) is 3.95. The standard InChI is InChI=1S/C10H18N2O3/c1-11-8(10(14)15)9(13)12(2)7-5-3-4-6-7/h7-8,11H,3-6H2,1-2H3,(H,14,15). The predicted molar refractivity (Wildman–Crippen MR) is 55.5 cm³/mol. The van der Waals surface area contributed by atoms with E-state index in [2.05, 4.69) is 5.32 Å². The monoisotopic (exact) mass is 214 g/mol. The Kier molecular flexibility index (Phi) is 4.08. The normalized spacial score (nSPS) is 18.8. The van der Waals surface area contributed by atoms with Crippen LogP contribution in [0.4, 0.5) is 0 Å². The molecule has 0 heterocycles. The van der Waals surface area contributed by atoms with Gasteiger partial charge in [0.1, 0.15) is 0 Å². The number of rotatable bonds is 4. The topological polar surface area (TPSA) is 69.6 Å². The van der Waals surface area contributed by atoms with Crippen LogP contribution in [0, 0.1) is 0 Å². The maximum Gasteiger partial charge on any atom is 0.330 e. The molecule has 1 aliphatic rings. The smallest absolute Gasteiger partial charge is 0.330 e. The zero-order valence-electron chi connectivity index (χ0n) is 9.19. The van der Waals surface area contributed by atoms with Crippen LogP contribution in [0.1, 0.15) is 25.7 Å². The first-order valence-corrected chi connectivity index (χ1v) is 5.24. The number of nitrogens with one attached hydrogen (secondary N) is 1. The number of hydrogen-bond acceptors (Lipinski definition) is 3. The molecule has 1 fully saturated rings. The maximum atomic E-state index is 11.8. The molecule has 0 bridgehead atoms. The molecule has 1 rings (SSSR count). The Morgan fingerprint density at radius 1 is 1.40 bits per heavy atom. The summed E-state index contributed by atoms with van der Waals surface area (Å²) in [5.74, 6) is -1.47. The van der Waals surface area contributed by atoms with Crippen molar-refractivity contribution in [1.82, 2.24) is 10.2 Å². The molecule has 15 heavy (non-hydrogen) atoms. The van der Waals surface area contributed by atoms with E-state index in [0.29, 0.717) is 0 Å². The highest BCUT2D eigenvalue weighted by Gasteiger charge is 2.31. The van der Waals surface area contributed by atoms with Crippen LogP contribution >= 0.6 is 0 Å². The Morgan fingerprint density at radius 2 is 1.93 bits per heavy atom. The minimum atomic E-state index is -1.12. The van der Waals surface area contributed by atoms with Gasteiger partial charge in [-0.2, -0.15) is 0 Å². The molecule has 1 amide bonds. The molecule has 0 saturated heterocycles. The molecule has 0 spiro atoms. The lowest BCUT2D eigenvalue weighted by Gasteiger charge is -2.26. The lowest BCUT2D eigenvalue weighted by Crippen LogP contribution is -2.50. The molecule has 1 saturated carbocycles. The van der Waals surface area contributed by atoms with E-state index < -0.39 is 12.0 Å². The van der Waals surface area contributed by atoms with Gasteiger partial charge in [-0.05, 0) is 19.9 Å². The number of hydrogen-bond donors (Lipinski definition) is 2. The molecule has 0 radical (unpaired) electrons. The van der Waals surface area contributed by atoms with Crippen LogP contribution < -0.4 is 5.32 Å². The van der Waals surface area contributed by atoms with Gasteiger partial charge in [-0.3, -0.25) is 10.1 Å². The summed E-state index contributed by atoms with van der Waals surface area (Å²) in [6.45, 7) is 0. The van der Waals surface area contributed by atoms with Crippen molar-refractivity contribution in [3.8, 4) is 0 Å².